The first kappa shape index (κ1) is 17.6. The van der Waals surface area contributed by atoms with Crippen molar-refractivity contribution in [1.82, 2.24) is 20.4 Å². The average Bonchev–Trinajstić information content (AvgIpc) is 3.11. The topological polar surface area (TPSA) is 118 Å². The maximum Gasteiger partial charge on any atom is 0.272 e. The van der Waals surface area contributed by atoms with Gasteiger partial charge in [-0.25, -0.2) is 19.3 Å². The zero-order valence-corrected chi connectivity index (χ0v) is 15.1. The molecule has 4 rings (SSSR count). The van der Waals surface area contributed by atoms with Crippen molar-refractivity contribution in [1.29, 1.82) is 0 Å². The average molecular weight is 395 g/mol. The minimum Gasteiger partial charge on any atom is -0.393 e. The molecule has 0 saturated heterocycles. The molecule has 0 spiro atoms. The number of nitrogens with two attached hydrogens (primary N) is 1. The van der Waals surface area contributed by atoms with Crippen LogP contribution < -0.4 is 21.9 Å². The molecule has 0 aliphatic carbocycles. The Morgan fingerprint density at radius 2 is 1.79 bits per heavy atom. The lowest BCUT2D eigenvalue weighted by molar-refractivity contribution is 0.0958. The molecule has 0 aliphatic heterocycles. The fourth-order valence-corrected chi connectivity index (χ4v) is 3.32. The zero-order chi connectivity index (χ0) is 19.5. The molecule has 0 radical (unpaired) electrons. The number of hydrogen-bond acceptors (Lipinski definition) is 8. The zero-order valence-electron chi connectivity index (χ0n) is 14.3. The fraction of sp³-hybridized carbons (Fsp3) is 0. The van der Waals surface area contributed by atoms with E-state index < -0.39 is 11.7 Å². The lowest BCUT2D eigenvalue weighted by Crippen LogP contribution is -2.31. The van der Waals surface area contributed by atoms with Crippen molar-refractivity contribution in [2.45, 2.75) is 0 Å². The minimum atomic E-state index is -0.656. The van der Waals surface area contributed by atoms with Crippen molar-refractivity contribution in [3.05, 3.63) is 66.2 Å². The molecule has 2 aromatic heterocycles. The molecule has 1 amide bonds. The van der Waals surface area contributed by atoms with Gasteiger partial charge >= 0.3 is 0 Å². The van der Waals surface area contributed by atoms with Crippen LogP contribution in [0.2, 0.25) is 0 Å². The van der Waals surface area contributed by atoms with Gasteiger partial charge in [-0.1, -0.05) is 35.6 Å². The molecule has 8 nitrogen and oxygen atoms in total. The number of hydrogen-bond donors (Lipinski definition) is 4. The Balaban J connectivity index is 1.50. The smallest absolute Gasteiger partial charge is 0.272 e. The number of carbonyl (C=O) groups excluding carboxylic acids is 1. The van der Waals surface area contributed by atoms with Gasteiger partial charge < -0.3 is 11.1 Å². The summed E-state index contributed by atoms with van der Waals surface area (Å²) in [6.07, 6.45) is 1.28. The molecule has 2 aromatic carbocycles. The van der Waals surface area contributed by atoms with Crippen LogP contribution in [-0.4, -0.2) is 20.9 Å². The summed E-state index contributed by atoms with van der Waals surface area (Å²) >= 11 is 1.45. The fourth-order valence-electron chi connectivity index (χ4n) is 2.45. The highest BCUT2D eigenvalue weighted by Gasteiger charge is 2.14. The highest BCUT2D eigenvalue weighted by molar-refractivity contribution is 7.22. The minimum absolute atomic E-state index is 0.101. The first-order valence-electron chi connectivity index (χ1n) is 8.16. The molecule has 28 heavy (non-hydrogen) atoms. The third-order valence-corrected chi connectivity index (χ3v) is 4.77. The second-order valence-corrected chi connectivity index (χ2v) is 6.69. The van der Waals surface area contributed by atoms with Gasteiger partial charge in [-0.3, -0.25) is 15.6 Å². The Hall–Kier alpha value is -3.79. The molecule has 10 heteroatoms. The van der Waals surface area contributed by atoms with Gasteiger partial charge in [-0.05, 0) is 24.3 Å². The molecule has 140 valence electrons. The number of nitrogens with zero attached hydrogens (tertiary/aromatic N) is 3. The Kier molecular flexibility index (Phi) is 4.68. The number of benzene rings is 2. The molecule has 0 saturated carbocycles. The summed E-state index contributed by atoms with van der Waals surface area (Å²) in [5.41, 5.74) is 12.0. The van der Waals surface area contributed by atoms with E-state index in [4.69, 9.17) is 5.73 Å². The summed E-state index contributed by atoms with van der Waals surface area (Å²) in [5.74, 6) is -0.785. The van der Waals surface area contributed by atoms with Gasteiger partial charge in [-0.15, -0.1) is 0 Å². The van der Waals surface area contributed by atoms with E-state index in [9.17, 15) is 9.18 Å². The van der Waals surface area contributed by atoms with Crippen LogP contribution in [0.5, 0.6) is 0 Å². The number of rotatable bonds is 5. The van der Waals surface area contributed by atoms with Crippen molar-refractivity contribution in [3.63, 3.8) is 0 Å². The number of fused-ring (bicyclic) bond motifs is 1. The van der Waals surface area contributed by atoms with Crippen LogP contribution in [-0.2, 0) is 0 Å². The number of nitrogens with one attached hydrogen (secondary N) is 3. The first-order chi connectivity index (χ1) is 13.6. The second kappa shape index (κ2) is 7.45. The molecular formula is C18H14FN7OS. The van der Waals surface area contributed by atoms with Gasteiger partial charge in [0, 0.05) is 0 Å². The number of carbonyl (C=O) groups is 1. The van der Waals surface area contributed by atoms with E-state index >= 15 is 0 Å². The maximum absolute atomic E-state index is 13.7. The SMILES string of the molecule is Nc1c(NNC(=O)c2ccccc2F)ncnc1Nc1nc2ccccc2s1. The van der Waals surface area contributed by atoms with Crippen molar-refractivity contribution >= 4 is 49.9 Å². The van der Waals surface area contributed by atoms with Crippen LogP contribution in [0.3, 0.4) is 0 Å². The van der Waals surface area contributed by atoms with Gasteiger partial charge in [0.1, 0.15) is 17.8 Å². The normalized spacial score (nSPS) is 10.6. The van der Waals surface area contributed by atoms with Crippen LogP contribution in [0.4, 0.5) is 26.8 Å². The van der Waals surface area contributed by atoms with Gasteiger partial charge in [0.05, 0.1) is 15.8 Å². The standard InChI is InChI=1S/C18H14FN7OS/c19-11-6-2-1-5-10(11)17(27)26-25-16-14(20)15(21-9-22-16)24-18-23-12-7-3-4-8-13(12)28-18/h1-9H,20H2,(H,26,27)(H2,21,22,23,24,25). The Morgan fingerprint density at radius 3 is 2.61 bits per heavy atom. The highest BCUT2D eigenvalue weighted by atomic mass is 32.1. The molecule has 4 aromatic rings. The molecule has 0 fully saturated rings. The number of aromatic nitrogens is 3. The molecule has 2 heterocycles. The third kappa shape index (κ3) is 3.53. The first-order valence-corrected chi connectivity index (χ1v) is 8.97. The van der Waals surface area contributed by atoms with E-state index in [1.54, 1.807) is 6.07 Å². The van der Waals surface area contributed by atoms with Gasteiger partial charge in [0.25, 0.3) is 5.91 Å². The highest BCUT2D eigenvalue weighted by Crippen LogP contribution is 2.30. The molecule has 0 atom stereocenters. The Bertz CT molecular complexity index is 1130. The van der Waals surface area contributed by atoms with E-state index in [1.165, 1.54) is 35.9 Å². The number of halogens is 1. The summed E-state index contributed by atoms with van der Waals surface area (Å²) in [6, 6.07) is 13.4. The number of amides is 1. The monoisotopic (exact) mass is 395 g/mol. The molecule has 5 N–H and O–H groups in total. The second-order valence-electron chi connectivity index (χ2n) is 5.66. The van der Waals surface area contributed by atoms with Crippen molar-refractivity contribution in [2.75, 3.05) is 16.5 Å². The van der Waals surface area contributed by atoms with Gasteiger partial charge in [0.2, 0.25) is 0 Å². The Morgan fingerprint density at radius 1 is 1.04 bits per heavy atom. The molecular weight excluding hydrogens is 381 g/mol. The molecule has 0 aliphatic rings. The van der Waals surface area contributed by atoms with E-state index in [2.05, 4.69) is 31.1 Å². The quantitative estimate of drug-likeness (QED) is 0.383. The van der Waals surface area contributed by atoms with Gasteiger partial charge in [0.15, 0.2) is 16.8 Å². The summed E-state index contributed by atoms with van der Waals surface area (Å²) in [7, 11) is 0. The number of nitrogen functional groups attached to an aromatic ring is 1. The Labute approximate surface area is 162 Å². The van der Waals surface area contributed by atoms with Crippen LogP contribution in [0, 0.1) is 5.82 Å². The van der Waals surface area contributed by atoms with Crippen LogP contribution in [0.25, 0.3) is 10.2 Å². The van der Waals surface area contributed by atoms with Crippen LogP contribution >= 0.6 is 11.3 Å². The van der Waals surface area contributed by atoms with E-state index in [1.807, 2.05) is 24.3 Å². The van der Waals surface area contributed by atoms with Gasteiger partial charge in [-0.2, -0.15) is 0 Å². The number of anilines is 4. The van der Waals surface area contributed by atoms with Crippen molar-refractivity contribution in [3.8, 4) is 0 Å². The molecule has 0 unspecified atom stereocenters. The van der Waals surface area contributed by atoms with Crippen molar-refractivity contribution in [2.24, 2.45) is 0 Å². The predicted molar refractivity (Wildman–Crippen MR) is 107 cm³/mol. The largest absolute Gasteiger partial charge is 0.393 e. The van der Waals surface area contributed by atoms with Crippen LogP contribution in [0.1, 0.15) is 10.4 Å². The van der Waals surface area contributed by atoms with E-state index in [0.717, 1.165) is 10.2 Å². The number of para-hydroxylation sites is 1. The molecule has 0 bridgehead atoms. The summed E-state index contributed by atoms with van der Waals surface area (Å²) in [5, 5.41) is 3.67. The predicted octanol–water partition coefficient (Wildman–Crippen LogP) is 3.31. The van der Waals surface area contributed by atoms with E-state index in [-0.39, 0.29) is 17.1 Å². The summed E-state index contributed by atoms with van der Waals surface area (Å²) in [4.78, 5) is 24.7. The third-order valence-electron chi connectivity index (χ3n) is 3.82. The van der Waals surface area contributed by atoms with E-state index in [0.29, 0.717) is 10.9 Å². The number of thiazole rings is 1. The number of hydrazine groups is 1. The maximum atomic E-state index is 13.7. The lowest BCUT2D eigenvalue weighted by atomic mass is 10.2. The van der Waals surface area contributed by atoms with Crippen LogP contribution in [0.15, 0.2) is 54.9 Å². The lowest BCUT2D eigenvalue weighted by Gasteiger charge is -2.12. The van der Waals surface area contributed by atoms with Crippen molar-refractivity contribution < 1.29 is 9.18 Å². The summed E-state index contributed by atoms with van der Waals surface area (Å²) in [6.45, 7) is 0. The summed E-state index contributed by atoms with van der Waals surface area (Å²) < 4.78 is 14.7.